The van der Waals surface area contributed by atoms with Crippen LogP contribution in [0.2, 0.25) is 5.02 Å². The zero-order chi connectivity index (χ0) is 23.8. The zero-order valence-electron chi connectivity index (χ0n) is 19.7. The maximum atomic E-state index is 6.28. The highest BCUT2D eigenvalue weighted by molar-refractivity contribution is 7.80. The van der Waals surface area contributed by atoms with Gasteiger partial charge in [0.2, 0.25) is 0 Å². The van der Waals surface area contributed by atoms with Crippen LogP contribution >= 0.6 is 35.4 Å². The van der Waals surface area contributed by atoms with E-state index >= 15 is 0 Å². The first-order valence-electron chi connectivity index (χ1n) is 10.9. The highest BCUT2D eigenvalue weighted by Crippen LogP contribution is 2.48. The van der Waals surface area contributed by atoms with Crippen molar-refractivity contribution in [3.8, 4) is 11.5 Å². The fraction of sp³-hybridized carbons (Fsp3) is 0.480. The minimum absolute atomic E-state index is 0.486. The van der Waals surface area contributed by atoms with Crippen LogP contribution in [0, 0.1) is 5.92 Å². The molecule has 0 spiro atoms. The van der Waals surface area contributed by atoms with Gasteiger partial charge in [0.15, 0.2) is 5.11 Å². The summed E-state index contributed by atoms with van der Waals surface area (Å²) in [6, 6.07) is 12.0. The van der Waals surface area contributed by atoms with Crippen molar-refractivity contribution in [1.82, 2.24) is 4.90 Å². The molecular weight excluding hydrogens is 463 g/mol. The standard InChI is InChI=1S/C23H29ClN2O2S.C2H5Cl/c1-14-15(2)19(20-12-16(24)6-8-18(14)20)10-11-26(3)23(29)25-21-9-7-17(27-4)13-22(21)28-5;1-2-3/h6-9,12-15,19H,10-11H2,1-5H3,(H,25,29);2H2,1H3/t14?,15-,19?;/m1./s1. The number of alkyl halides is 1. The van der Waals surface area contributed by atoms with Gasteiger partial charge in [-0.05, 0) is 71.8 Å². The van der Waals surface area contributed by atoms with E-state index in [0.717, 1.165) is 35.3 Å². The maximum Gasteiger partial charge on any atom is 0.173 e. The first-order valence-corrected chi connectivity index (χ1v) is 12.2. The third-order valence-electron chi connectivity index (χ3n) is 6.13. The second kappa shape index (κ2) is 12.5. The molecule has 0 fully saturated rings. The summed E-state index contributed by atoms with van der Waals surface area (Å²) in [7, 11) is 5.29. The Morgan fingerprint density at radius 1 is 1.09 bits per heavy atom. The van der Waals surface area contributed by atoms with Crippen LogP contribution < -0.4 is 14.8 Å². The van der Waals surface area contributed by atoms with Gasteiger partial charge in [0, 0.05) is 30.6 Å². The first-order chi connectivity index (χ1) is 15.3. The fourth-order valence-corrected chi connectivity index (χ4v) is 4.54. The smallest absolute Gasteiger partial charge is 0.173 e. The molecule has 4 nitrogen and oxygen atoms in total. The molecule has 1 aliphatic rings. The fourth-order valence-electron chi connectivity index (χ4n) is 4.16. The summed E-state index contributed by atoms with van der Waals surface area (Å²) in [5.41, 5.74) is 3.64. The van der Waals surface area contributed by atoms with Crippen LogP contribution in [0.25, 0.3) is 0 Å². The van der Waals surface area contributed by atoms with Gasteiger partial charge in [-0.2, -0.15) is 0 Å². The number of hydrogen-bond acceptors (Lipinski definition) is 3. The topological polar surface area (TPSA) is 33.7 Å². The van der Waals surface area contributed by atoms with E-state index in [2.05, 4.69) is 36.2 Å². The molecule has 0 heterocycles. The van der Waals surface area contributed by atoms with Crippen molar-refractivity contribution < 1.29 is 9.47 Å². The van der Waals surface area contributed by atoms with Crippen LogP contribution in [0.4, 0.5) is 5.69 Å². The molecule has 3 rings (SSSR count). The molecule has 0 aliphatic heterocycles. The molecule has 0 amide bonds. The van der Waals surface area contributed by atoms with Gasteiger partial charge in [-0.15, -0.1) is 11.6 Å². The Hall–Kier alpha value is -1.69. The molecule has 176 valence electrons. The van der Waals surface area contributed by atoms with Crippen LogP contribution in [0.5, 0.6) is 11.5 Å². The molecule has 0 radical (unpaired) electrons. The molecule has 7 heteroatoms. The Morgan fingerprint density at radius 2 is 1.78 bits per heavy atom. The lowest BCUT2D eigenvalue weighted by atomic mass is 9.87. The van der Waals surface area contributed by atoms with E-state index in [4.69, 9.17) is 44.9 Å². The first kappa shape index (κ1) is 26.6. The van der Waals surface area contributed by atoms with Gasteiger partial charge in [-0.25, -0.2) is 0 Å². The molecule has 1 aliphatic carbocycles. The van der Waals surface area contributed by atoms with E-state index in [1.807, 2.05) is 38.2 Å². The maximum absolute atomic E-state index is 6.28. The lowest BCUT2D eigenvalue weighted by Crippen LogP contribution is -2.33. The minimum atomic E-state index is 0.486. The van der Waals surface area contributed by atoms with Crippen LogP contribution in [0.1, 0.15) is 50.2 Å². The van der Waals surface area contributed by atoms with Crippen molar-refractivity contribution in [2.75, 3.05) is 39.0 Å². The highest BCUT2D eigenvalue weighted by atomic mass is 35.5. The van der Waals surface area contributed by atoms with Crippen molar-refractivity contribution in [1.29, 1.82) is 0 Å². The Kier molecular flexibility index (Phi) is 10.4. The molecule has 2 unspecified atom stereocenters. The molecular formula is C25H34Cl2N2O2S. The quantitative estimate of drug-likeness (QED) is 0.338. The van der Waals surface area contributed by atoms with E-state index in [0.29, 0.717) is 28.6 Å². The predicted molar refractivity (Wildman–Crippen MR) is 141 cm³/mol. The summed E-state index contributed by atoms with van der Waals surface area (Å²) < 4.78 is 10.7. The second-order valence-corrected chi connectivity index (χ2v) is 9.36. The normalized spacial score (nSPS) is 18.8. The number of fused-ring (bicyclic) bond motifs is 1. The van der Waals surface area contributed by atoms with Crippen molar-refractivity contribution in [2.45, 2.75) is 39.0 Å². The number of halogens is 2. The van der Waals surface area contributed by atoms with Crippen LogP contribution in [-0.2, 0) is 0 Å². The van der Waals surface area contributed by atoms with E-state index in [-0.39, 0.29) is 0 Å². The molecule has 0 aromatic heterocycles. The summed E-state index contributed by atoms with van der Waals surface area (Å²) in [5.74, 6) is 3.78. The van der Waals surface area contributed by atoms with E-state index in [9.17, 15) is 0 Å². The number of hydrogen-bond donors (Lipinski definition) is 1. The summed E-state index contributed by atoms with van der Waals surface area (Å²) in [6.45, 7) is 7.39. The molecule has 1 N–H and O–H groups in total. The monoisotopic (exact) mass is 496 g/mol. The number of anilines is 1. The van der Waals surface area contributed by atoms with Gasteiger partial charge in [-0.3, -0.25) is 0 Å². The number of nitrogens with one attached hydrogen (secondary N) is 1. The number of benzene rings is 2. The number of methoxy groups -OCH3 is 2. The summed E-state index contributed by atoms with van der Waals surface area (Å²) in [4.78, 5) is 2.08. The van der Waals surface area contributed by atoms with Crippen molar-refractivity contribution in [3.05, 3.63) is 52.5 Å². The van der Waals surface area contributed by atoms with E-state index in [1.54, 1.807) is 14.2 Å². The largest absolute Gasteiger partial charge is 0.497 e. The lowest BCUT2D eigenvalue weighted by Gasteiger charge is -2.25. The van der Waals surface area contributed by atoms with E-state index in [1.165, 1.54) is 11.1 Å². The molecule has 2 aromatic carbocycles. The zero-order valence-corrected chi connectivity index (χ0v) is 22.1. The van der Waals surface area contributed by atoms with Crippen LogP contribution in [0.3, 0.4) is 0 Å². The molecule has 32 heavy (non-hydrogen) atoms. The van der Waals surface area contributed by atoms with Crippen LogP contribution in [0.15, 0.2) is 36.4 Å². The van der Waals surface area contributed by atoms with Gasteiger partial charge in [-0.1, -0.05) is 38.4 Å². The van der Waals surface area contributed by atoms with Gasteiger partial charge >= 0.3 is 0 Å². The third kappa shape index (κ3) is 6.43. The SMILES string of the molecule is CCCl.COc1ccc(NC(=S)N(C)CCC2c3cc(Cl)ccc3C(C)[C@H]2C)c(OC)c1. The summed E-state index contributed by atoms with van der Waals surface area (Å²) in [6.07, 6.45) is 1.02. The third-order valence-corrected chi connectivity index (χ3v) is 6.78. The van der Waals surface area contributed by atoms with Crippen LogP contribution in [-0.4, -0.2) is 43.7 Å². The summed E-state index contributed by atoms with van der Waals surface area (Å²) >= 11 is 16.9. The molecule has 0 bridgehead atoms. The van der Waals surface area contributed by atoms with Crippen molar-refractivity contribution in [2.24, 2.45) is 5.92 Å². The highest BCUT2D eigenvalue weighted by Gasteiger charge is 2.35. The second-order valence-electron chi connectivity index (χ2n) is 8.00. The van der Waals surface area contributed by atoms with E-state index < -0.39 is 0 Å². The number of nitrogens with zero attached hydrogens (tertiary/aromatic N) is 1. The Morgan fingerprint density at radius 3 is 2.41 bits per heavy atom. The predicted octanol–water partition coefficient (Wildman–Crippen LogP) is 7.16. The average molecular weight is 498 g/mol. The molecule has 0 saturated heterocycles. The lowest BCUT2D eigenvalue weighted by molar-refractivity contribution is 0.380. The summed E-state index contributed by atoms with van der Waals surface area (Å²) in [5, 5.41) is 4.77. The average Bonchev–Trinajstić information content (AvgIpc) is 3.01. The van der Waals surface area contributed by atoms with Gasteiger partial charge in [0.05, 0.1) is 19.9 Å². The molecule has 0 saturated carbocycles. The van der Waals surface area contributed by atoms with Gasteiger partial charge in [0.1, 0.15) is 11.5 Å². The Balaban J connectivity index is 0.00000114. The number of thiocarbonyl (C=S) groups is 1. The minimum Gasteiger partial charge on any atom is -0.497 e. The molecule has 3 atom stereocenters. The molecule has 2 aromatic rings. The van der Waals surface area contributed by atoms with Crippen molar-refractivity contribution >= 4 is 46.2 Å². The van der Waals surface area contributed by atoms with Gasteiger partial charge in [0.25, 0.3) is 0 Å². The Labute approximate surface area is 208 Å². The van der Waals surface area contributed by atoms with Gasteiger partial charge < -0.3 is 19.7 Å². The number of rotatable bonds is 6. The Bertz CT molecular complexity index is 910. The number of ether oxygens (including phenoxy) is 2. The van der Waals surface area contributed by atoms with Crippen molar-refractivity contribution in [3.63, 3.8) is 0 Å².